The Hall–Kier alpha value is -2.94. The van der Waals surface area contributed by atoms with E-state index in [1.165, 1.54) is 36.1 Å². The van der Waals surface area contributed by atoms with Crippen LogP contribution in [0.1, 0.15) is 21.5 Å². The number of nitro benzene ring substituents is 1. The summed E-state index contributed by atoms with van der Waals surface area (Å²) in [5.74, 6) is -0.267. The van der Waals surface area contributed by atoms with Crippen LogP contribution in [-0.2, 0) is 10.0 Å². The van der Waals surface area contributed by atoms with Crippen molar-refractivity contribution in [2.24, 2.45) is 0 Å². The molecular formula is C17H19N3O5S. The van der Waals surface area contributed by atoms with E-state index in [1.54, 1.807) is 33.2 Å². The van der Waals surface area contributed by atoms with Gasteiger partial charge in [0.15, 0.2) is 0 Å². The van der Waals surface area contributed by atoms with Gasteiger partial charge in [0.1, 0.15) is 0 Å². The number of carbonyl (C=O) groups excluding carboxylic acids is 1. The van der Waals surface area contributed by atoms with E-state index in [4.69, 9.17) is 0 Å². The molecule has 2 aromatic rings. The SMILES string of the molecule is Cc1ccc(C(=O)N(C)C)cc1NS(=O)(=O)c1cccc([N+](=O)[O-])c1C. The molecule has 9 heteroatoms. The summed E-state index contributed by atoms with van der Waals surface area (Å²) in [7, 11) is -0.873. The number of anilines is 1. The highest BCUT2D eigenvalue weighted by Crippen LogP contribution is 2.27. The minimum absolute atomic E-state index is 0.0446. The lowest BCUT2D eigenvalue weighted by molar-refractivity contribution is -0.385. The summed E-state index contributed by atoms with van der Waals surface area (Å²) in [5.41, 5.74) is 0.953. The molecular weight excluding hydrogens is 358 g/mol. The van der Waals surface area contributed by atoms with Crippen molar-refractivity contribution in [3.05, 3.63) is 63.2 Å². The number of rotatable bonds is 5. The number of hydrogen-bond donors (Lipinski definition) is 1. The summed E-state index contributed by atoms with van der Waals surface area (Å²) in [6.07, 6.45) is 0. The number of carbonyl (C=O) groups is 1. The third kappa shape index (κ3) is 3.83. The molecule has 0 aliphatic rings. The van der Waals surface area contributed by atoms with Crippen LogP contribution >= 0.6 is 0 Å². The Morgan fingerprint density at radius 2 is 1.81 bits per heavy atom. The van der Waals surface area contributed by atoms with Gasteiger partial charge >= 0.3 is 0 Å². The van der Waals surface area contributed by atoms with Gasteiger partial charge in [-0.15, -0.1) is 0 Å². The van der Waals surface area contributed by atoms with Gasteiger partial charge in [0.05, 0.1) is 15.5 Å². The molecule has 2 aromatic carbocycles. The van der Waals surface area contributed by atoms with Crippen LogP contribution in [0, 0.1) is 24.0 Å². The third-order valence-electron chi connectivity index (χ3n) is 3.88. The van der Waals surface area contributed by atoms with Crippen molar-refractivity contribution in [3.63, 3.8) is 0 Å². The number of nitrogens with one attached hydrogen (secondary N) is 1. The normalized spacial score (nSPS) is 11.1. The maximum Gasteiger partial charge on any atom is 0.273 e. The molecule has 0 unspecified atom stereocenters. The summed E-state index contributed by atoms with van der Waals surface area (Å²) in [5, 5.41) is 11.0. The summed E-state index contributed by atoms with van der Waals surface area (Å²) in [6.45, 7) is 3.08. The van der Waals surface area contributed by atoms with Gasteiger partial charge in [-0.1, -0.05) is 12.1 Å². The van der Waals surface area contributed by atoms with Crippen molar-refractivity contribution in [2.75, 3.05) is 18.8 Å². The maximum absolute atomic E-state index is 12.7. The van der Waals surface area contributed by atoms with Gasteiger partial charge in [0.25, 0.3) is 21.6 Å². The van der Waals surface area contributed by atoms with Crippen molar-refractivity contribution in [1.29, 1.82) is 0 Å². The van der Waals surface area contributed by atoms with Gasteiger partial charge in [-0.2, -0.15) is 0 Å². The second-order valence-electron chi connectivity index (χ2n) is 5.99. The summed E-state index contributed by atoms with van der Waals surface area (Å²) < 4.78 is 27.9. The van der Waals surface area contributed by atoms with Crippen LogP contribution in [0.2, 0.25) is 0 Å². The molecule has 0 saturated carbocycles. The Morgan fingerprint density at radius 1 is 1.15 bits per heavy atom. The molecule has 0 bridgehead atoms. The van der Waals surface area contributed by atoms with Gasteiger partial charge in [-0.3, -0.25) is 19.6 Å². The molecule has 0 radical (unpaired) electrons. The quantitative estimate of drug-likeness (QED) is 0.636. The average molecular weight is 377 g/mol. The van der Waals surface area contributed by atoms with E-state index in [0.717, 1.165) is 0 Å². The first-order valence-corrected chi connectivity index (χ1v) is 9.12. The number of nitrogens with zero attached hydrogens (tertiary/aromatic N) is 2. The first-order valence-electron chi connectivity index (χ1n) is 7.63. The van der Waals surface area contributed by atoms with Crippen molar-refractivity contribution in [1.82, 2.24) is 4.90 Å². The molecule has 8 nitrogen and oxygen atoms in total. The maximum atomic E-state index is 12.7. The number of aryl methyl sites for hydroxylation is 1. The summed E-state index contributed by atoms with van der Waals surface area (Å²) >= 11 is 0. The standard InChI is InChI=1S/C17H19N3O5S/c1-11-8-9-13(17(21)19(3)4)10-14(11)18-26(24,25)16-7-5-6-15(12(16)2)20(22)23/h5-10,18H,1-4H3. The molecule has 0 aliphatic heterocycles. The van der Waals surface area contributed by atoms with E-state index in [9.17, 15) is 23.3 Å². The van der Waals surface area contributed by atoms with Crippen LogP contribution in [-0.4, -0.2) is 38.2 Å². The topological polar surface area (TPSA) is 110 Å². The van der Waals surface area contributed by atoms with E-state index in [1.807, 2.05) is 0 Å². The van der Waals surface area contributed by atoms with Gasteiger partial charge in [0, 0.05) is 31.3 Å². The average Bonchev–Trinajstić information content (AvgIpc) is 2.55. The Morgan fingerprint density at radius 3 is 2.38 bits per heavy atom. The van der Waals surface area contributed by atoms with Crippen LogP contribution < -0.4 is 4.72 Å². The highest BCUT2D eigenvalue weighted by atomic mass is 32.2. The molecule has 0 aromatic heterocycles. The molecule has 1 amide bonds. The van der Waals surface area contributed by atoms with Gasteiger partial charge in [0.2, 0.25) is 0 Å². The molecule has 138 valence electrons. The number of sulfonamides is 1. The minimum Gasteiger partial charge on any atom is -0.345 e. The largest absolute Gasteiger partial charge is 0.345 e. The van der Waals surface area contributed by atoms with Crippen molar-refractivity contribution in [3.8, 4) is 0 Å². The Bertz CT molecular complexity index is 984. The monoisotopic (exact) mass is 377 g/mol. The zero-order valence-corrected chi connectivity index (χ0v) is 15.6. The van der Waals surface area contributed by atoms with E-state index in [0.29, 0.717) is 11.1 Å². The fourth-order valence-electron chi connectivity index (χ4n) is 2.41. The molecule has 26 heavy (non-hydrogen) atoms. The second-order valence-corrected chi connectivity index (χ2v) is 7.64. The number of amides is 1. The Labute approximate surface area is 151 Å². The van der Waals surface area contributed by atoms with Crippen LogP contribution in [0.3, 0.4) is 0 Å². The summed E-state index contributed by atoms with van der Waals surface area (Å²) in [6, 6.07) is 8.55. The molecule has 1 N–H and O–H groups in total. The van der Waals surface area contributed by atoms with E-state index in [-0.39, 0.29) is 27.7 Å². The smallest absolute Gasteiger partial charge is 0.273 e. The fourth-order valence-corrected chi connectivity index (χ4v) is 3.80. The number of nitro groups is 1. The fraction of sp³-hybridized carbons (Fsp3) is 0.235. The third-order valence-corrected chi connectivity index (χ3v) is 5.39. The lowest BCUT2D eigenvalue weighted by Gasteiger charge is -2.15. The van der Waals surface area contributed by atoms with E-state index < -0.39 is 14.9 Å². The zero-order valence-electron chi connectivity index (χ0n) is 14.8. The first kappa shape index (κ1) is 19.4. The highest BCUT2D eigenvalue weighted by Gasteiger charge is 2.24. The number of benzene rings is 2. The van der Waals surface area contributed by atoms with Gasteiger partial charge < -0.3 is 4.90 Å². The highest BCUT2D eigenvalue weighted by molar-refractivity contribution is 7.92. The van der Waals surface area contributed by atoms with Crippen LogP contribution in [0.15, 0.2) is 41.3 Å². The van der Waals surface area contributed by atoms with Gasteiger partial charge in [-0.05, 0) is 37.6 Å². The zero-order chi connectivity index (χ0) is 19.6. The summed E-state index contributed by atoms with van der Waals surface area (Å²) in [4.78, 5) is 23.7. The van der Waals surface area contributed by atoms with E-state index >= 15 is 0 Å². The van der Waals surface area contributed by atoms with Gasteiger partial charge in [-0.25, -0.2) is 8.42 Å². The molecule has 2 rings (SSSR count). The first-order chi connectivity index (χ1) is 12.0. The second kappa shape index (κ2) is 7.12. The predicted molar refractivity (Wildman–Crippen MR) is 97.8 cm³/mol. The molecule has 0 fully saturated rings. The predicted octanol–water partition coefficient (Wildman–Crippen LogP) is 2.71. The number of hydrogen-bond acceptors (Lipinski definition) is 5. The molecule has 0 aliphatic carbocycles. The molecule has 0 heterocycles. The van der Waals surface area contributed by atoms with Crippen molar-refractivity contribution < 1.29 is 18.1 Å². The lowest BCUT2D eigenvalue weighted by atomic mass is 10.1. The van der Waals surface area contributed by atoms with Crippen molar-refractivity contribution in [2.45, 2.75) is 18.7 Å². The Balaban J connectivity index is 2.48. The van der Waals surface area contributed by atoms with E-state index in [2.05, 4.69) is 4.72 Å². The molecule has 0 saturated heterocycles. The molecule has 0 spiro atoms. The van der Waals surface area contributed by atoms with Crippen LogP contribution in [0.4, 0.5) is 11.4 Å². The van der Waals surface area contributed by atoms with Crippen LogP contribution in [0.5, 0.6) is 0 Å². The van der Waals surface area contributed by atoms with Crippen molar-refractivity contribution >= 4 is 27.3 Å². The lowest BCUT2D eigenvalue weighted by Crippen LogP contribution is -2.22. The van der Waals surface area contributed by atoms with Crippen LogP contribution in [0.25, 0.3) is 0 Å². The minimum atomic E-state index is -4.06. The Kier molecular flexibility index (Phi) is 5.31. The molecule has 0 atom stereocenters.